The van der Waals surface area contributed by atoms with Crippen LogP contribution in [0.5, 0.6) is 5.75 Å². The van der Waals surface area contributed by atoms with Crippen LogP contribution in [0.3, 0.4) is 0 Å². The van der Waals surface area contributed by atoms with Crippen LogP contribution in [0.25, 0.3) is 10.6 Å². The van der Waals surface area contributed by atoms with Crippen LogP contribution in [-0.4, -0.2) is 31.1 Å². The number of methoxy groups -OCH3 is 1. The number of aromatic nitrogens is 1. The van der Waals surface area contributed by atoms with Gasteiger partial charge in [0, 0.05) is 24.0 Å². The molecule has 1 aromatic carbocycles. The number of nitrogens with zero attached hydrogens (tertiary/aromatic N) is 2. The highest BCUT2D eigenvalue weighted by molar-refractivity contribution is 14.0. The number of thiazole rings is 1. The van der Waals surface area contributed by atoms with E-state index in [0.29, 0.717) is 12.6 Å². The third-order valence-electron chi connectivity index (χ3n) is 3.90. The third-order valence-corrected chi connectivity index (χ3v) is 4.84. The van der Waals surface area contributed by atoms with E-state index in [0.717, 1.165) is 40.8 Å². The zero-order chi connectivity index (χ0) is 16.8. The van der Waals surface area contributed by atoms with Gasteiger partial charge in [0.2, 0.25) is 0 Å². The molecule has 134 valence electrons. The van der Waals surface area contributed by atoms with E-state index in [1.165, 1.54) is 0 Å². The zero-order valence-electron chi connectivity index (χ0n) is 14.4. The summed E-state index contributed by atoms with van der Waals surface area (Å²) in [6.45, 7) is 0.659. The normalized spacial score (nSPS) is 14.2. The van der Waals surface area contributed by atoms with Crippen LogP contribution >= 0.6 is 35.3 Å². The maximum Gasteiger partial charge on any atom is 0.191 e. The molecule has 2 N–H and O–H groups in total. The molecule has 0 bridgehead atoms. The Morgan fingerprint density at radius 2 is 2.00 bits per heavy atom. The molecule has 1 aliphatic rings. The molecule has 1 aromatic heterocycles. The predicted octanol–water partition coefficient (Wildman–Crippen LogP) is 3.82. The molecule has 1 heterocycles. The molecule has 0 atom stereocenters. The Labute approximate surface area is 169 Å². The molecule has 0 amide bonds. The number of halogens is 1. The average molecular weight is 470 g/mol. The van der Waals surface area contributed by atoms with Gasteiger partial charge in [0.15, 0.2) is 5.96 Å². The molecule has 2 aromatic rings. The highest BCUT2D eigenvalue weighted by atomic mass is 127. The van der Waals surface area contributed by atoms with Crippen molar-refractivity contribution in [3.05, 3.63) is 47.5 Å². The van der Waals surface area contributed by atoms with E-state index >= 15 is 0 Å². The topological polar surface area (TPSA) is 58.5 Å². The first-order valence-electron chi connectivity index (χ1n) is 7.99. The number of hydrogen-bond donors (Lipinski definition) is 2. The Hall–Kier alpha value is -1.61. The summed E-state index contributed by atoms with van der Waals surface area (Å²) in [5, 5.41) is 9.85. The number of aliphatic imine (C=N–C) groups is 1. The van der Waals surface area contributed by atoms with E-state index < -0.39 is 0 Å². The molecule has 25 heavy (non-hydrogen) atoms. The van der Waals surface area contributed by atoms with Gasteiger partial charge in [0.1, 0.15) is 10.8 Å². The van der Waals surface area contributed by atoms with E-state index in [4.69, 9.17) is 9.72 Å². The lowest BCUT2D eigenvalue weighted by Crippen LogP contribution is -2.42. The third kappa shape index (κ3) is 5.43. The fourth-order valence-electron chi connectivity index (χ4n) is 2.55. The Bertz CT molecular complexity index is 719. The molecule has 0 saturated heterocycles. The SMILES string of the molecule is CN=C(NCc1csc(-c2ccc(OC)cc2)n1)NC1CC=CC1.I. The van der Waals surface area contributed by atoms with Crippen LogP contribution in [-0.2, 0) is 6.54 Å². The summed E-state index contributed by atoms with van der Waals surface area (Å²) in [5.74, 6) is 1.68. The quantitative estimate of drug-likeness (QED) is 0.302. The molecule has 5 nitrogen and oxygen atoms in total. The Morgan fingerprint density at radius 3 is 2.64 bits per heavy atom. The zero-order valence-corrected chi connectivity index (χ0v) is 17.5. The van der Waals surface area contributed by atoms with Gasteiger partial charge in [0.05, 0.1) is 19.3 Å². The van der Waals surface area contributed by atoms with Gasteiger partial charge in [-0.05, 0) is 37.1 Å². The van der Waals surface area contributed by atoms with E-state index in [1.54, 1.807) is 25.5 Å². The van der Waals surface area contributed by atoms with Crippen molar-refractivity contribution >= 4 is 41.3 Å². The Morgan fingerprint density at radius 1 is 1.28 bits per heavy atom. The lowest BCUT2D eigenvalue weighted by Gasteiger charge is -2.16. The first kappa shape index (κ1) is 19.7. The second-order valence-corrected chi connectivity index (χ2v) is 6.44. The lowest BCUT2D eigenvalue weighted by molar-refractivity contribution is 0.415. The number of benzene rings is 1. The van der Waals surface area contributed by atoms with Gasteiger partial charge in [0.25, 0.3) is 0 Å². The van der Waals surface area contributed by atoms with Gasteiger partial charge in [-0.2, -0.15) is 0 Å². The Balaban J connectivity index is 0.00000225. The van der Waals surface area contributed by atoms with Crippen molar-refractivity contribution in [1.82, 2.24) is 15.6 Å². The van der Waals surface area contributed by atoms with Crippen molar-refractivity contribution in [2.24, 2.45) is 4.99 Å². The first-order valence-corrected chi connectivity index (χ1v) is 8.87. The highest BCUT2D eigenvalue weighted by Gasteiger charge is 2.12. The largest absolute Gasteiger partial charge is 0.497 e. The lowest BCUT2D eigenvalue weighted by atomic mass is 10.2. The van der Waals surface area contributed by atoms with Crippen LogP contribution in [0.15, 0.2) is 46.8 Å². The van der Waals surface area contributed by atoms with E-state index in [1.807, 2.05) is 24.3 Å². The van der Waals surface area contributed by atoms with Gasteiger partial charge < -0.3 is 15.4 Å². The van der Waals surface area contributed by atoms with Crippen LogP contribution < -0.4 is 15.4 Å². The van der Waals surface area contributed by atoms with Crippen LogP contribution in [0.4, 0.5) is 0 Å². The summed E-state index contributed by atoms with van der Waals surface area (Å²) < 4.78 is 5.19. The summed E-state index contributed by atoms with van der Waals surface area (Å²) in [5.41, 5.74) is 2.12. The minimum atomic E-state index is 0. The highest BCUT2D eigenvalue weighted by Crippen LogP contribution is 2.25. The number of rotatable bonds is 5. The standard InChI is InChI=1S/C18H22N4OS.HI/c1-19-18(22-14-5-3-4-6-14)20-11-15-12-24-17(21-15)13-7-9-16(23-2)10-8-13;/h3-4,7-10,12,14H,5-6,11H2,1-2H3,(H2,19,20,22);1H. The number of ether oxygens (including phenoxy) is 1. The summed E-state index contributed by atoms with van der Waals surface area (Å²) in [6, 6.07) is 8.42. The maximum atomic E-state index is 5.19. The monoisotopic (exact) mass is 470 g/mol. The molecule has 0 radical (unpaired) electrons. The molecule has 1 aliphatic carbocycles. The summed E-state index contributed by atoms with van der Waals surface area (Å²) in [7, 11) is 3.46. The second-order valence-electron chi connectivity index (χ2n) is 5.58. The van der Waals surface area contributed by atoms with Crippen molar-refractivity contribution in [1.29, 1.82) is 0 Å². The molecule has 0 spiro atoms. The fourth-order valence-corrected chi connectivity index (χ4v) is 3.38. The summed E-state index contributed by atoms with van der Waals surface area (Å²) in [4.78, 5) is 8.97. The Kier molecular flexibility index (Phi) is 7.70. The fraction of sp³-hybridized carbons (Fsp3) is 0.333. The van der Waals surface area contributed by atoms with Crippen molar-refractivity contribution in [2.45, 2.75) is 25.4 Å². The summed E-state index contributed by atoms with van der Waals surface area (Å²) >= 11 is 1.65. The van der Waals surface area contributed by atoms with Gasteiger partial charge in [-0.3, -0.25) is 4.99 Å². The molecular weight excluding hydrogens is 447 g/mol. The van der Waals surface area contributed by atoms with Crippen LogP contribution in [0.1, 0.15) is 18.5 Å². The van der Waals surface area contributed by atoms with Crippen LogP contribution in [0, 0.1) is 0 Å². The molecular formula is C18H23IN4OS. The van der Waals surface area contributed by atoms with Crippen molar-refractivity contribution < 1.29 is 4.74 Å². The smallest absolute Gasteiger partial charge is 0.191 e. The number of hydrogen-bond acceptors (Lipinski definition) is 4. The van der Waals surface area contributed by atoms with Crippen molar-refractivity contribution in [2.75, 3.05) is 14.2 Å². The van der Waals surface area contributed by atoms with Crippen LogP contribution in [0.2, 0.25) is 0 Å². The molecule has 7 heteroatoms. The molecule has 0 unspecified atom stereocenters. The average Bonchev–Trinajstić information content (AvgIpc) is 3.30. The molecule has 0 saturated carbocycles. The van der Waals surface area contributed by atoms with E-state index in [9.17, 15) is 0 Å². The minimum absolute atomic E-state index is 0. The first-order chi connectivity index (χ1) is 11.8. The maximum absolute atomic E-state index is 5.19. The number of guanidine groups is 1. The second kappa shape index (κ2) is 9.76. The molecule has 3 rings (SSSR count). The van der Waals surface area contributed by atoms with E-state index in [-0.39, 0.29) is 24.0 Å². The van der Waals surface area contributed by atoms with Crippen molar-refractivity contribution in [3.63, 3.8) is 0 Å². The number of nitrogens with one attached hydrogen (secondary N) is 2. The predicted molar refractivity (Wildman–Crippen MR) is 115 cm³/mol. The molecule has 0 aliphatic heterocycles. The van der Waals surface area contributed by atoms with Gasteiger partial charge >= 0.3 is 0 Å². The minimum Gasteiger partial charge on any atom is -0.497 e. The van der Waals surface area contributed by atoms with Crippen molar-refractivity contribution in [3.8, 4) is 16.3 Å². The van der Waals surface area contributed by atoms with Gasteiger partial charge in [-0.1, -0.05) is 12.2 Å². The molecule has 0 fully saturated rings. The van der Waals surface area contributed by atoms with E-state index in [2.05, 4.69) is 33.2 Å². The van der Waals surface area contributed by atoms with Gasteiger partial charge in [-0.15, -0.1) is 35.3 Å². The van der Waals surface area contributed by atoms with Gasteiger partial charge in [-0.25, -0.2) is 4.98 Å². The summed E-state index contributed by atoms with van der Waals surface area (Å²) in [6.07, 6.45) is 6.51.